The summed E-state index contributed by atoms with van der Waals surface area (Å²) in [5.41, 5.74) is 4.65. The number of hydrogen-bond donors (Lipinski definition) is 0. The summed E-state index contributed by atoms with van der Waals surface area (Å²) in [5, 5.41) is 4.37. The van der Waals surface area contributed by atoms with Crippen molar-refractivity contribution < 1.29 is 9.47 Å². The second kappa shape index (κ2) is 5.91. The Morgan fingerprint density at radius 3 is 2.48 bits per heavy atom. The zero-order chi connectivity index (χ0) is 17.6. The Morgan fingerprint density at radius 2 is 1.76 bits per heavy atom. The van der Waals surface area contributed by atoms with Crippen LogP contribution < -0.4 is 14.4 Å². The summed E-state index contributed by atoms with van der Waals surface area (Å²) < 4.78 is 12.7. The first kappa shape index (κ1) is 15.7. The molecule has 0 radical (unpaired) electrons. The van der Waals surface area contributed by atoms with Gasteiger partial charge in [-0.25, -0.2) is 4.98 Å². The molecule has 0 unspecified atom stereocenters. The smallest absolute Gasteiger partial charge is 0.254 e. The average molecular weight is 339 g/mol. The van der Waals surface area contributed by atoms with Crippen LogP contribution in [-0.4, -0.2) is 40.3 Å². The van der Waals surface area contributed by atoms with Gasteiger partial charge in [0.05, 0.1) is 14.2 Å². The van der Waals surface area contributed by atoms with Crippen molar-refractivity contribution in [1.82, 2.24) is 19.6 Å². The molecule has 0 saturated heterocycles. The normalized spacial score (nSPS) is 13.8. The van der Waals surface area contributed by atoms with Crippen LogP contribution in [0.3, 0.4) is 0 Å². The highest BCUT2D eigenvalue weighted by atomic mass is 16.5. The highest BCUT2D eigenvalue weighted by molar-refractivity contribution is 5.57. The lowest BCUT2D eigenvalue weighted by Gasteiger charge is -2.32. The lowest BCUT2D eigenvalue weighted by Crippen LogP contribution is -2.33. The van der Waals surface area contributed by atoms with Gasteiger partial charge >= 0.3 is 0 Å². The molecule has 130 valence electrons. The number of fused-ring (bicyclic) bond motifs is 2. The molecule has 1 aliphatic rings. The van der Waals surface area contributed by atoms with Crippen LogP contribution in [0, 0.1) is 13.8 Å². The minimum atomic E-state index is 0.635. The second-order valence-corrected chi connectivity index (χ2v) is 6.27. The zero-order valence-electron chi connectivity index (χ0n) is 14.9. The number of nitrogens with zero attached hydrogens (tertiary/aromatic N) is 5. The summed E-state index contributed by atoms with van der Waals surface area (Å²) >= 11 is 0. The van der Waals surface area contributed by atoms with Crippen LogP contribution in [0.1, 0.15) is 22.4 Å². The van der Waals surface area contributed by atoms with Crippen LogP contribution in [0.4, 0.5) is 5.82 Å². The Labute approximate surface area is 146 Å². The molecular weight excluding hydrogens is 318 g/mol. The van der Waals surface area contributed by atoms with Gasteiger partial charge in [-0.3, -0.25) is 0 Å². The van der Waals surface area contributed by atoms with E-state index in [9.17, 15) is 0 Å². The van der Waals surface area contributed by atoms with E-state index in [1.807, 2.05) is 11.4 Å². The Bertz CT molecular complexity index is 950. The van der Waals surface area contributed by atoms with E-state index in [1.165, 1.54) is 11.1 Å². The van der Waals surface area contributed by atoms with Gasteiger partial charge in [0.2, 0.25) is 0 Å². The van der Waals surface area contributed by atoms with Gasteiger partial charge in [-0.05, 0) is 43.5 Å². The molecule has 7 nitrogen and oxygen atoms in total. The first-order chi connectivity index (χ1) is 12.1. The van der Waals surface area contributed by atoms with E-state index in [1.54, 1.807) is 20.5 Å². The first-order valence-electron chi connectivity index (χ1n) is 8.28. The number of aryl methyl sites for hydroxylation is 1. The highest BCUT2D eigenvalue weighted by Crippen LogP contribution is 2.35. The van der Waals surface area contributed by atoms with E-state index in [2.05, 4.69) is 39.0 Å². The molecule has 0 aliphatic carbocycles. The predicted molar refractivity (Wildman–Crippen MR) is 94.6 cm³/mol. The van der Waals surface area contributed by atoms with Crippen LogP contribution in [0.5, 0.6) is 11.5 Å². The van der Waals surface area contributed by atoms with Crippen molar-refractivity contribution in [2.75, 3.05) is 25.7 Å². The number of hydrogen-bond acceptors (Lipinski definition) is 6. The van der Waals surface area contributed by atoms with Crippen LogP contribution in [0.25, 0.3) is 5.78 Å². The molecule has 3 aromatic rings. The number of benzene rings is 1. The highest BCUT2D eigenvalue weighted by Gasteiger charge is 2.24. The fraction of sp³-hybridized carbons (Fsp3) is 0.389. The third kappa shape index (κ3) is 2.47. The van der Waals surface area contributed by atoms with Crippen molar-refractivity contribution >= 4 is 11.6 Å². The van der Waals surface area contributed by atoms with Crippen molar-refractivity contribution in [3.63, 3.8) is 0 Å². The van der Waals surface area contributed by atoms with Crippen molar-refractivity contribution in [1.29, 1.82) is 0 Å². The zero-order valence-corrected chi connectivity index (χ0v) is 14.9. The second-order valence-electron chi connectivity index (χ2n) is 6.27. The molecule has 0 bridgehead atoms. The lowest BCUT2D eigenvalue weighted by molar-refractivity contribution is 0.353. The summed E-state index contributed by atoms with van der Waals surface area (Å²) in [4.78, 5) is 11.1. The molecule has 2 aromatic heterocycles. The summed E-state index contributed by atoms with van der Waals surface area (Å²) in [7, 11) is 3.34. The van der Waals surface area contributed by atoms with Gasteiger partial charge < -0.3 is 14.4 Å². The Balaban J connectivity index is 1.79. The molecule has 0 atom stereocenters. The van der Waals surface area contributed by atoms with Gasteiger partial charge in [0.15, 0.2) is 11.5 Å². The van der Waals surface area contributed by atoms with E-state index < -0.39 is 0 Å². The average Bonchev–Trinajstić information content (AvgIpc) is 3.08. The minimum absolute atomic E-state index is 0.635. The molecule has 3 heterocycles. The number of aromatic nitrogens is 4. The van der Waals surface area contributed by atoms with Crippen molar-refractivity contribution in [3.05, 3.63) is 40.8 Å². The van der Waals surface area contributed by atoms with Crippen LogP contribution in [-0.2, 0) is 13.0 Å². The maximum Gasteiger partial charge on any atom is 0.254 e. The van der Waals surface area contributed by atoms with E-state index in [0.717, 1.165) is 48.1 Å². The van der Waals surface area contributed by atoms with E-state index in [0.29, 0.717) is 5.78 Å². The van der Waals surface area contributed by atoms with E-state index >= 15 is 0 Å². The topological polar surface area (TPSA) is 64.8 Å². The van der Waals surface area contributed by atoms with E-state index in [4.69, 9.17) is 9.47 Å². The third-order valence-corrected chi connectivity index (χ3v) is 4.89. The Hall–Kier alpha value is -2.83. The quantitative estimate of drug-likeness (QED) is 0.730. The summed E-state index contributed by atoms with van der Waals surface area (Å²) in [6.45, 7) is 5.79. The van der Waals surface area contributed by atoms with Gasteiger partial charge in [0.25, 0.3) is 5.78 Å². The first-order valence-corrected chi connectivity index (χ1v) is 8.28. The molecule has 0 saturated carbocycles. The minimum Gasteiger partial charge on any atom is -0.493 e. The van der Waals surface area contributed by atoms with Crippen LogP contribution in [0.2, 0.25) is 0 Å². The summed E-state index contributed by atoms with van der Waals surface area (Å²) in [5.74, 6) is 3.23. The molecule has 1 aromatic carbocycles. The van der Waals surface area contributed by atoms with Crippen molar-refractivity contribution in [3.8, 4) is 11.5 Å². The lowest BCUT2D eigenvalue weighted by atomic mass is 9.98. The van der Waals surface area contributed by atoms with Crippen molar-refractivity contribution in [2.24, 2.45) is 0 Å². The molecule has 0 amide bonds. The summed E-state index contributed by atoms with van der Waals surface area (Å²) in [6, 6.07) is 4.16. The van der Waals surface area contributed by atoms with Crippen LogP contribution >= 0.6 is 0 Å². The molecule has 0 fully saturated rings. The maximum absolute atomic E-state index is 5.46. The third-order valence-electron chi connectivity index (χ3n) is 4.89. The Kier molecular flexibility index (Phi) is 3.71. The van der Waals surface area contributed by atoms with Gasteiger partial charge in [-0.2, -0.15) is 14.6 Å². The van der Waals surface area contributed by atoms with Crippen molar-refractivity contribution in [2.45, 2.75) is 26.8 Å². The van der Waals surface area contributed by atoms with E-state index in [-0.39, 0.29) is 0 Å². The SMILES string of the molecule is COc1cc2c(cc1OC)CN(c1c(C)c(C)nc3ncnn13)CC2. The standard InChI is InChI=1S/C18H21N5O2/c1-11-12(2)21-18-19-10-20-23(18)17(11)22-6-5-13-7-15(24-3)16(25-4)8-14(13)9-22/h7-8,10H,5-6,9H2,1-4H3. The van der Waals surface area contributed by atoms with Gasteiger partial charge in [0, 0.05) is 24.3 Å². The molecular formula is C18H21N5O2. The maximum atomic E-state index is 5.46. The molecule has 4 rings (SSSR count). The number of anilines is 1. The number of rotatable bonds is 3. The monoisotopic (exact) mass is 339 g/mol. The number of methoxy groups -OCH3 is 2. The van der Waals surface area contributed by atoms with Gasteiger partial charge in [0.1, 0.15) is 12.1 Å². The van der Waals surface area contributed by atoms with Gasteiger partial charge in [-0.1, -0.05) is 0 Å². The number of ether oxygens (including phenoxy) is 2. The van der Waals surface area contributed by atoms with Crippen LogP contribution in [0.15, 0.2) is 18.5 Å². The fourth-order valence-corrected chi connectivity index (χ4v) is 3.45. The molecule has 0 N–H and O–H groups in total. The van der Waals surface area contributed by atoms with Gasteiger partial charge in [-0.15, -0.1) is 0 Å². The molecule has 0 spiro atoms. The Morgan fingerprint density at radius 1 is 1.04 bits per heavy atom. The molecule has 7 heteroatoms. The largest absolute Gasteiger partial charge is 0.493 e. The molecule has 1 aliphatic heterocycles. The molecule has 25 heavy (non-hydrogen) atoms. The summed E-state index contributed by atoms with van der Waals surface area (Å²) in [6.07, 6.45) is 2.49. The fourth-order valence-electron chi connectivity index (χ4n) is 3.45. The predicted octanol–water partition coefficient (Wildman–Crippen LogP) is 2.32.